The quantitative estimate of drug-likeness (QED) is 0.727. The van der Waals surface area contributed by atoms with Crippen molar-refractivity contribution in [2.45, 2.75) is 25.6 Å². The van der Waals surface area contributed by atoms with Gasteiger partial charge in [-0.25, -0.2) is 0 Å². The van der Waals surface area contributed by atoms with E-state index in [1.165, 1.54) is 4.68 Å². The summed E-state index contributed by atoms with van der Waals surface area (Å²) in [5, 5.41) is 13.0. The Morgan fingerprint density at radius 1 is 1.72 bits per heavy atom. The lowest BCUT2D eigenvalue weighted by Crippen LogP contribution is -2.52. The average molecular weight is 254 g/mol. The Bertz CT molecular complexity index is 420. The molecule has 0 bridgehead atoms. The Labute approximate surface area is 105 Å². The molecule has 1 aromatic heterocycles. The van der Waals surface area contributed by atoms with Crippen molar-refractivity contribution in [3.8, 4) is 0 Å². The highest BCUT2D eigenvalue weighted by atomic mass is 16.5. The molecule has 7 heteroatoms. The number of ether oxygens (including phenoxy) is 1. The number of anilines is 1. The summed E-state index contributed by atoms with van der Waals surface area (Å²) in [6.07, 6.45) is 1.37. The van der Waals surface area contributed by atoms with Crippen LogP contribution in [0.4, 0.5) is 5.82 Å². The molecule has 0 aromatic carbocycles. The largest absolute Gasteiger partial charge is 0.394 e. The van der Waals surface area contributed by atoms with Gasteiger partial charge in [0.05, 0.1) is 25.4 Å². The lowest BCUT2D eigenvalue weighted by molar-refractivity contribution is -0.147. The number of aliphatic hydroxyl groups is 1. The minimum absolute atomic E-state index is 0.00760. The van der Waals surface area contributed by atoms with E-state index in [4.69, 9.17) is 15.6 Å². The van der Waals surface area contributed by atoms with E-state index < -0.39 is 0 Å². The van der Waals surface area contributed by atoms with Crippen molar-refractivity contribution in [3.05, 3.63) is 12.3 Å². The molecule has 0 spiro atoms. The summed E-state index contributed by atoms with van der Waals surface area (Å²) in [5.74, 6) is 0.346. The number of aromatic nitrogens is 2. The molecule has 0 aliphatic carbocycles. The first-order valence-electron chi connectivity index (χ1n) is 5.91. The molecule has 2 rings (SSSR count). The molecule has 0 radical (unpaired) electrons. The van der Waals surface area contributed by atoms with Crippen LogP contribution in [0.15, 0.2) is 12.3 Å². The SMILES string of the molecule is CC1COC(CO)CN1C(=O)Cn1ccc(N)n1. The van der Waals surface area contributed by atoms with E-state index in [9.17, 15) is 4.79 Å². The van der Waals surface area contributed by atoms with Crippen LogP contribution >= 0.6 is 0 Å². The van der Waals surface area contributed by atoms with Gasteiger partial charge in [0.15, 0.2) is 0 Å². The third-order valence-electron chi connectivity index (χ3n) is 2.99. The molecule has 1 fully saturated rings. The van der Waals surface area contributed by atoms with Gasteiger partial charge in [-0.15, -0.1) is 0 Å². The highest BCUT2D eigenvalue weighted by molar-refractivity contribution is 5.76. The molecular weight excluding hydrogens is 236 g/mol. The van der Waals surface area contributed by atoms with Gasteiger partial charge in [-0.2, -0.15) is 5.10 Å². The Morgan fingerprint density at radius 3 is 3.11 bits per heavy atom. The summed E-state index contributed by atoms with van der Waals surface area (Å²) in [7, 11) is 0. The molecular formula is C11H18N4O3. The fraction of sp³-hybridized carbons (Fsp3) is 0.636. The van der Waals surface area contributed by atoms with Crippen LogP contribution in [-0.2, 0) is 16.1 Å². The van der Waals surface area contributed by atoms with Gasteiger partial charge in [0.1, 0.15) is 12.4 Å². The van der Waals surface area contributed by atoms with Crippen LogP contribution in [0.25, 0.3) is 0 Å². The topological polar surface area (TPSA) is 93.6 Å². The Morgan fingerprint density at radius 2 is 2.50 bits per heavy atom. The summed E-state index contributed by atoms with van der Waals surface area (Å²) in [6, 6.07) is 1.65. The van der Waals surface area contributed by atoms with Gasteiger partial charge in [-0.3, -0.25) is 9.48 Å². The Hall–Kier alpha value is -1.60. The van der Waals surface area contributed by atoms with Crippen molar-refractivity contribution in [3.63, 3.8) is 0 Å². The fourth-order valence-electron chi connectivity index (χ4n) is 1.97. The highest BCUT2D eigenvalue weighted by Gasteiger charge is 2.29. The zero-order valence-electron chi connectivity index (χ0n) is 10.3. The molecule has 1 amide bonds. The summed E-state index contributed by atoms with van der Waals surface area (Å²) in [5.41, 5.74) is 5.49. The molecule has 2 heterocycles. The van der Waals surface area contributed by atoms with Crippen LogP contribution in [0.3, 0.4) is 0 Å². The monoisotopic (exact) mass is 254 g/mol. The van der Waals surface area contributed by atoms with E-state index in [0.29, 0.717) is 19.0 Å². The van der Waals surface area contributed by atoms with Gasteiger partial charge in [-0.05, 0) is 13.0 Å². The number of hydrogen-bond acceptors (Lipinski definition) is 5. The number of nitrogens with two attached hydrogens (primary N) is 1. The van der Waals surface area contributed by atoms with Gasteiger partial charge >= 0.3 is 0 Å². The molecule has 7 nitrogen and oxygen atoms in total. The molecule has 1 aliphatic heterocycles. The number of rotatable bonds is 3. The van der Waals surface area contributed by atoms with Crippen molar-refractivity contribution < 1.29 is 14.6 Å². The molecule has 0 saturated carbocycles. The van der Waals surface area contributed by atoms with Crippen molar-refractivity contribution in [1.82, 2.24) is 14.7 Å². The molecule has 100 valence electrons. The van der Waals surface area contributed by atoms with Crippen LogP contribution in [0.2, 0.25) is 0 Å². The maximum Gasteiger partial charge on any atom is 0.244 e. The van der Waals surface area contributed by atoms with Crippen molar-refractivity contribution in [2.75, 3.05) is 25.5 Å². The van der Waals surface area contributed by atoms with Crippen LogP contribution in [0.5, 0.6) is 0 Å². The number of amides is 1. The standard InChI is InChI=1S/C11H18N4O3/c1-8-7-18-9(6-16)4-15(8)11(17)5-14-3-2-10(12)13-14/h2-3,8-9,16H,4-7H2,1H3,(H2,12,13). The molecule has 1 saturated heterocycles. The third kappa shape index (κ3) is 2.80. The van der Waals surface area contributed by atoms with Gasteiger partial charge < -0.3 is 20.5 Å². The number of carbonyl (C=O) groups is 1. The lowest BCUT2D eigenvalue weighted by atomic mass is 10.2. The van der Waals surface area contributed by atoms with E-state index in [-0.39, 0.29) is 31.2 Å². The molecule has 1 aliphatic rings. The maximum absolute atomic E-state index is 12.1. The molecule has 3 N–H and O–H groups in total. The molecule has 1 aromatic rings. The molecule has 2 atom stereocenters. The molecule has 2 unspecified atom stereocenters. The lowest BCUT2D eigenvalue weighted by Gasteiger charge is -2.37. The predicted octanol–water partition coefficient (Wildman–Crippen LogP) is -0.926. The Kier molecular flexibility index (Phi) is 3.83. The van der Waals surface area contributed by atoms with Gasteiger partial charge in [0, 0.05) is 12.7 Å². The second kappa shape index (κ2) is 5.36. The number of morpholine rings is 1. The fourth-order valence-corrected chi connectivity index (χ4v) is 1.97. The number of nitrogen functional groups attached to an aromatic ring is 1. The van der Waals surface area contributed by atoms with Gasteiger partial charge in [0.2, 0.25) is 5.91 Å². The first kappa shape index (κ1) is 12.8. The first-order valence-corrected chi connectivity index (χ1v) is 5.91. The first-order chi connectivity index (χ1) is 8.60. The second-order valence-electron chi connectivity index (χ2n) is 4.47. The normalized spacial score (nSPS) is 24.2. The predicted molar refractivity (Wildman–Crippen MR) is 64.6 cm³/mol. The Balaban J connectivity index is 1.98. The zero-order valence-corrected chi connectivity index (χ0v) is 10.3. The van der Waals surface area contributed by atoms with Crippen molar-refractivity contribution in [2.24, 2.45) is 0 Å². The van der Waals surface area contributed by atoms with Crippen LogP contribution in [-0.4, -0.2) is 57.6 Å². The number of hydrogen-bond donors (Lipinski definition) is 2. The molecule has 18 heavy (non-hydrogen) atoms. The summed E-state index contributed by atoms with van der Waals surface area (Å²) < 4.78 is 6.90. The van der Waals surface area contributed by atoms with Crippen LogP contribution in [0.1, 0.15) is 6.92 Å². The van der Waals surface area contributed by atoms with Gasteiger partial charge in [0.25, 0.3) is 0 Å². The summed E-state index contributed by atoms with van der Waals surface area (Å²) in [4.78, 5) is 13.8. The zero-order chi connectivity index (χ0) is 13.1. The van der Waals surface area contributed by atoms with E-state index in [2.05, 4.69) is 5.10 Å². The summed E-state index contributed by atoms with van der Waals surface area (Å²) in [6.45, 7) is 2.85. The second-order valence-corrected chi connectivity index (χ2v) is 4.47. The van der Waals surface area contributed by atoms with Crippen molar-refractivity contribution in [1.29, 1.82) is 0 Å². The highest BCUT2D eigenvalue weighted by Crippen LogP contribution is 2.12. The minimum Gasteiger partial charge on any atom is -0.394 e. The number of carbonyl (C=O) groups excluding carboxylic acids is 1. The number of aliphatic hydroxyl groups excluding tert-OH is 1. The number of nitrogens with zero attached hydrogens (tertiary/aromatic N) is 3. The van der Waals surface area contributed by atoms with Crippen LogP contribution in [0, 0.1) is 0 Å². The maximum atomic E-state index is 12.1. The van der Waals surface area contributed by atoms with E-state index in [1.807, 2.05) is 6.92 Å². The minimum atomic E-state index is -0.298. The smallest absolute Gasteiger partial charge is 0.244 e. The van der Waals surface area contributed by atoms with Crippen molar-refractivity contribution >= 4 is 11.7 Å². The van der Waals surface area contributed by atoms with E-state index in [1.54, 1.807) is 17.2 Å². The van der Waals surface area contributed by atoms with Crippen LogP contribution < -0.4 is 5.73 Å². The summed E-state index contributed by atoms with van der Waals surface area (Å²) >= 11 is 0. The van der Waals surface area contributed by atoms with Gasteiger partial charge in [-0.1, -0.05) is 0 Å². The van der Waals surface area contributed by atoms with E-state index >= 15 is 0 Å². The van der Waals surface area contributed by atoms with E-state index in [0.717, 1.165) is 0 Å². The third-order valence-corrected chi connectivity index (χ3v) is 2.99. The average Bonchev–Trinajstić information content (AvgIpc) is 2.75.